The third-order valence-corrected chi connectivity index (χ3v) is 4.77. The molecule has 2 aromatic carbocycles. The summed E-state index contributed by atoms with van der Waals surface area (Å²) in [4.78, 5) is 12.4. The normalized spacial score (nSPS) is 18.3. The first kappa shape index (κ1) is 18.4. The fourth-order valence-corrected chi connectivity index (χ4v) is 3.28. The van der Waals surface area contributed by atoms with E-state index in [0.29, 0.717) is 18.8 Å². The second-order valence-electron chi connectivity index (χ2n) is 6.63. The van der Waals surface area contributed by atoms with E-state index in [0.717, 1.165) is 40.5 Å². The Morgan fingerprint density at radius 1 is 1.38 bits per heavy atom. The van der Waals surface area contributed by atoms with Gasteiger partial charge < -0.3 is 19.9 Å². The van der Waals surface area contributed by atoms with Crippen LogP contribution in [0.1, 0.15) is 24.0 Å². The Labute approximate surface area is 153 Å². The van der Waals surface area contributed by atoms with Crippen LogP contribution in [0, 0.1) is 6.92 Å². The molecule has 138 valence electrons. The summed E-state index contributed by atoms with van der Waals surface area (Å²) in [5.74, 6) is 0.256. The molecule has 1 heterocycles. The lowest BCUT2D eigenvalue weighted by molar-refractivity contribution is -0.155. The van der Waals surface area contributed by atoms with Gasteiger partial charge in [0, 0.05) is 12.0 Å². The van der Waals surface area contributed by atoms with Crippen molar-refractivity contribution in [1.82, 2.24) is 0 Å². The predicted octanol–water partition coefficient (Wildman–Crippen LogP) is 3.22. The molecule has 1 saturated heterocycles. The molecule has 0 saturated carbocycles. The van der Waals surface area contributed by atoms with Crippen LogP contribution >= 0.6 is 0 Å². The number of ether oxygens (including phenoxy) is 3. The molecular formula is C21H25NO4. The summed E-state index contributed by atoms with van der Waals surface area (Å²) >= 11 is 0. The van der Waals surface area contributed by atoms with Crippen molar-refractivity contribution in [3.63, 3.8) is 0 Å². The first-order valence-electron chi connectivity index (χ1n) is 8.81. The highest BCUT2D eigenvalue weighted by molar-refractivity contribution is 5.97. The van der Waals surface area contributed by atoms with Crippen molar-refractivity contribution in [2.75, 3.05) is 20.3 Å². The molecule has 0 radical (unpaired) electrons. The average Bonchev–Trinajstić information content (AvgIpc) is 2.66. The van der Waals surface area contributed by atoms with E-state index in [9.17, 15) is 4.79 Å². The summed E-state index contributed by atoms with van der Waals surface area (Å²) in [6.45, 7) is 7.20. The van der Waals surface area contributed by atoms with Crippen molar-refractivity contribution in [1.29, 1.82) is 0 Å². The van der Waals surface area contributed by atoms with Gasteiger partial charge in [0.15, 0.2) is 0 Å². The number of aryl methyl sites for hydroxylation is 1. The zero-order valence-electron chi connectivity index (χ0n) is 15.3. The van der Waals surface area contributed by atoms with E-state index >= 15 is 0 Å². The van der Waals surface area contributed by atoms with E-state index in [1.807, 2.05) is 37.3 Å². The third-order valence-electron chi connectivity index (χ3n) is 4.77. The highest BCUT2D eigenvalue weighted by atomic mass is 16.6. The molecule has 0 amide bonds. The number of nitrogens with two attached hydrogens (primary N) is 1. The van der Waals surface area contributed by atoms with Crippen LogP contribution in [0.25, 0.3) is 16.3 Å². The molecule has 1 aliphatic rings. The standard InChI is InChI=1S/C21H25NO4/c1-13-6-4-7-15-10-16(11-18(24-3)19(13)15)14(2)20(22)21(23)26-17-8-5-9-25-12-17/h4,6-7,10-11,17,20H,2,5,8-9,12,22H2,1,3H3/t17-,20+/m1/s1. The van der Waals surface area contributed by atoms with E-state index in [1.54, 1.807) is 7.11 Å². The van der Waals surface area contributed by atoms with Gasteiger partial charge in [-0.3, -0.25) is 0 Å². The molecule has 0 aliphatic carbocycles. The predicted molar refractivity (Wildman–Crippen MR) is 102 cm³/mol. The van der Waals surface area contributed by atoms with Crippen molar-refractivity contribution < 1.29 is 19.0 Å². The maximum atomic E-state index is 12.4. The summed E-state index contributed by atoms with van der Waals surface area (Å²) in [6, 6.07) is 8.95. The first-order valence-corrected chi connectivity index (χ1v) is 8.81. The Morgan fingerprint density at radius 2 is 2.19 bits per heavy atom. The maximum Gasteiger partial charge on any atom is 0.327 e. The molecule has 0 unspecified atom stereocenters. The minimum Gasteiger partial charge on any atom is -0.496 e. The second-order valence-corrected chi connectivity index (χ2v) is 6.63. The number of carbonyl (C=O) groups excluding carboxylic acids is 1. The molecule has 1 aliphatic heterocycles. The molecular weight excluding hydrogens is 330 g/mol. The lowest BCUT2D eigenvalue weighted by Crippen LogP contribution is -2.38. The van der Waals surface area contributed by atoms with Crippen molar-refractivity contribution in [2.45, 2.75) is 31.9 Å². The molecule has 2 aromatic rings. The largest absolute Gasteiger partial charge is 0.496 e. The van der Waals surface area contributed by atoms with Gasteiger partial charge in [0.05, 0.1) is 13.7 Å². The Hall–Kier alpha value is -2.37. The monoisotopic (exact) mass is 355 g/mol. The van der Waals surface area contributed by atoms with Crippen molar-refractivity contribution in [2.24, 2.45) is 5.73 Å². The molecule has 5 heteroatoms. The van der Waals surface area contributed by atoms with E-state index in [4.69, 9.17) is 19.9 Å². The van der Waals surface area contributed by atoms with E-state index in [1.165, 1.54) is 0 Å². The minimum absolute atomic E-state index is 0.233. The average molecular weight is 355 g/mol. The van der Waals surface area contributed by atoms with Gasteiger partial charge in [-0.2, -0.15) is 0 Å². The molecule has 3 rings (SSSR count). The van der Waals surface area contributed by atoms with Crippen LogP contribution in [0.2, 0.25) is 0 Å². The molecule has 0 aromatic heterocycles. The zero-order chi connectivity index (χ0) is 18.7. The molecule has 26 heavy (non-hydrogen) atoms. The number of fused-ring (bicyclic) bond motifs is 1. The van der Waals surface area contributed by atoms with Crippen molar-refractivity contribution in [3.8, 4) is 5.75 Å². The molecule has 0 spiro atoms. The maximum absolute atomic E-state index is 12.4. The SMILES string of the molecule is C=C(c1cc(OC)c2c(C)cccc2c1)[C@H](N)C(=O)O[C@@H]1CCCOC1. The molecule has 2 atom stereocenters. The van der Waals surface area contributed by atoms with Gasteiger partial charge >= 0.3 is 5.97 Å². The Morgan fingerprint density at radius 3 is 2.88 bits per heavy atom. The van der Waals surface area contributed by atoms with Crippen molar-refractivity contribution in [3.05, 3.63) is 48.0 Å². The Bertz CT molecular complexity index is 824. The number of hydrogen-bond acceptors (Lipinski definition) is 5. The number of rotatable bonds is 5. The van der Waals surface area contributed by atoms with Crippen LogP contribution in [0.15, 0.2) is 36.9 Å². The topological polar surface area (TPSA) is 70.8 Å². The van der Waals surface area contributed by atoms with E-state index in [-0.39, 0.29) is 6.10 Å². The summed E-state index contributed by atoms with van der Waals surface area (Å²) in [5, 5.41) is 2.06. The minimum atomic E-state index is -0.927. The number of hydrogen-bond donors (Lipinski definition) is 1. The fraction of sp³-hybridized carbons (Fsp3) is 0.381. The number of methoxy groups -OCH3 is 1. The first-order chi connectivity index (χ1) is 12.5. The number of benzene rings is 2. The number of carbonyl (C=O) groups is 1. The Kier molecular flexibility index (Phi) is 5.59. The van der Waals surface area contributed by atoms with Gasteiger partial charge in [0.1, 0.15) is 17.9 Å². The smallest absolute Gasteiger partial charge is 0.327 e. The van der Waals surface area contributed by atoms with Crippen molar-refractivity contribution >= 4 is 22.3 Å². The highest BCUT2D eigenvalue weighted by Crippen LogP contribution is 2.33. The molecule has 5 nitrogen and oxygen atoms in total. The lowest BCUT2D eigenvalue weighted by atomic mass is 9.95. The van der Waals surface area contributed by atoms with Crippen LogP contribution in [-0.2, 0) is 14.3 Å². The van der Waals surface area contributed by atoms with E-state index < -0.39 is 12.0 Å². The van der Waals surface area contributed by atoms with Gasteiger partial charge in [0.25, 0.3) is 0 Å². The van der Waals surface area contributed by atoms with Gasteiger partial charge in [-0.05, 0) is 54.0 Å². The quantitative estimate of drug-likeness (QED) is 0.834. The van der Waals surface area contributed by atoms with E-state index in [2.05, 4.69) is 6.58 Å². The summed E-state index contributed by atoms with van der Waals surface area (Å²) in [6.07, 6.45) is 1.45. The summed E-state index contributed by atoms with van der Waals surface area (Å²) in [7, 11) is 1.63. The van der Waals surface area contributed by atoms with Crippen LogP contribution in [0.3, 0.4) is 0 Å². The number of esters is 1. The van der Waals surface area contributed by atoms with Crippen LogP contribution < -0.4 is 10.5 Å². The highest BCUT2D eigenvalue weighted by Gasteiger charge is 2.25. The summed E-state index contributed by atoms with van der Waals surface area (Å²) in [5.41, 5.74) is 8.52. The third kappa shape index (κ3) is 3.74. The summed E-state index contributed by atoms with van der Waals surface area (Å²) < 4.78 is 16.4. The van der Waals surface area contributed by atoms with Crippen LogP contribution in [0.5, 0.6) is 5.75 Å². The van der Waals surface area contributed by atoms with Gasteiger partial charge in [0.2, 0.25) is 0 Å². The van der Waals surface area contributed by atoms with Crippen LogP contribution in [-0.4, -0.2) is 38.4 Å². The Balaban J connectivity index is 1.83. The fourth-order valence-electron chi connectivity index (χ4n) is 3.28. The van der Waals surface area contributed by atoms with Crippen LogP contribution in [0.4, 0.5) is 0 Å². The van der Waals surface area contributed by atoms with Gasteiger partial charge in [-0.25, -0.2) is 4.79 Å². The van der Waals surface area contributed by atoms with Gasteiger partial charge in [-0.15, -0.1) is 0 Å². The molecule has 0 bridgehead atoms. The molecule has 2 N–H and O–H groups in total. The second kappa shape index (κ2) is 7.89. The lowest BCUT2D eigenvalue weighted by Gasteiger charge is -2.24. The van der Waals surface area contributed by atoms with Gasteiger partial charge in [-0.1, -0.05) is 24.8 Å². The molecule has 1 fully saturated rings. The zero-order valence-corrected chi connectivity index (χ0v) is 15.3.